The molecule has 1 saturated heterocycles. The zero-order valence-corrected chi connectivity index (χ0v) is 10.9. The average molecular weight is 234 g/mol. The molecule has 0 radical (unpaired) electrons. The van der Waals surface area contributed by atoms with Crippen molar-refractivity contribution in [2.75, 3.05) is 6.54 Å². The van der Waals surface area contributed by atoms with Crippen LogP contribution in [0.3, 0.4) is 0 Å². The molecule has 0 amide bonds. The monoisotopic (exact) mass is 234 g/mol. The number of nitrogens with zero attached hydrogens (tertiary/aromatic N) is 2. The smallest absolute Gasteiger partial charge is 0.106 e. The van der Waals surface area contributed by atoms with Gasteiger partial charge in [0, 0.05) is 18.8 Å². The summed E-state index contributed by atoms with van der Waals surface area (Å²) in [6.07, 6.45) is 7.10. The van der Waals surface area contributed by atoms with Crippen molar-refractivity contribution in [3.63, 3.8) is 0 Å². The lowest BCUT2D eigenvalue weighted by Crippen LogP contribution is -2.39. The molecular weight excluding hydrogens is 212 g/mol. The molecular formula is C13H22N4. The summed E-state index contributed by atoms with van der Waals surface area (Å²) in [5, 5.41) is 2.29. The molecule has 0 aromatic rings. The Kier molecular flexibility index (Phi) is 3.64. The first kappa shape index (κ1) is 12.3. The van der Waals surface area contributed by atoms with Gasteiger partial charge in [0.05, 0.1) is 12.0 Å². The molecule has 3 unspecified atom stereocenters. The van der Waals surface area contributed by atoms with E-state index in [2.05, 4.69) is 48.4 Å². The van der Waals surface area contributed by atoms with Crippen LogP contribution in [0.4, 0.5) is 0 Å². The largest absolute Gasteiger partial charge is 0.387 e. The molecule has 2 heterocycles. The van der Waals surface area contributed by atoms with Gasteiger partial charge >= 0.3 is 0 Å². The van der Waals surface area contributed by atoms with Crippen molar-refractivity contribution in [1.29, 1.82) is 0 Å². The predicted octanol–water partition coefficient (Wildman–Crippen LogP) is 1.42. The Bertz CT molecular complexity index is 370. The molecule has 94 valence electrons. The van der Waals surface area contributed by atoms with Crippen LogP contribution in [0.2, 0.25) is 0 Å². The molecule has 3 N–H and O–H groups in total. The van der Waals surface area contributed by atoms with Crippen molar-refractivity contribution in [3.05, 3.63) is 23.9 Å². The molecule has 2 aliphatic heterocycles. The van der Waals surface area contributed by atoms with Gasteiger partial charge in [-0.2, -0.15) is 0 Å². The van der Waals surface area contributed by atoms with Gasteiger partial charge in [-0.25, -0.2) is 15.4 Å². The number of nitrogens with two attached hydrogens (primary N) is 1. The van der Waals surface area contributed by atoms with Crippen LogP contribution in [0.5, 0.6) is 0 Å². The standard InChI is InChI=1S/C13H22N4/c1-4-9(3)12-11-10(17(5-2)16-12)7-6-8-15-13(11)14/h4,6,8,10-12,16H,5,7H2,1-3H3,(H2,14,15). The zero-order chi connectivity index (χ0) is 12.4. The summed E-state index contributed by atoms with van der Waals surface area (Å²) < 4.78 is 0. The number of hydrogen-bond acceptors (Lipinski definition) is 4. The minimum Gasteiger partial charge on any atom is -0.387 e. The van der Waals surface area contributed by atoms with Gasteiger partial charge in [-0.05, 0) is 20.3 Å². The second-order valence-electron chi connectivity index (χ2n) is 4.69. The first-order chi connectivity index (χ1) is 8.19. The summed E-state index contributed by atoms with van der Waals surface area (Å²) in [4.78, 5) is 4.32. The van der Waals surface area contributed by atoms with E-state index < -0.39 is 0 Å². The number of nitrogens with one attached hydrogen (secondary N) is 1. The lowest BCUT2D eigenvalue weighted by atomic mass is 9.87. The molecule has 4 heteroatoms. The summed E-state index contributed by atoms with van der Waals surface area (Å²) in [5.41, 5.74) is 11.0. The van der Waals surface area contributed by atoms with Crippen molar-refractivity contribution in [3.8, 4) is 0 Å². The third-order valence-corrected chi connectivity index (χ3v) is 3.81. The topological polar surface area (TPSA) is 53.6 Å². The van der Waals surface area contributed by atoms with Crippen LogP contribution in [0, 0.1) is 5.92 Å². The van der Waals surface area contributed by atoms with Crippen LogP contribution in [-0.4, -0.2) is 29.5 Å². The fourth-order valence-corrected chi connectivity index (χ4v) is 2.73. The molecule has 0 aromatic heterocycles. The lowest BCUT2D eigenvalue weighted by molar-refractivity contribution is 0.188. The molecule has 1 fully saturated rings. The number of fused-ring (bicyclic) bond motifs is 1. The maximum atomic E-state index is 6.12. The Hall–Kier alpha value is -1.13. The van der Waals surface area contributed by atoms with Crippen LogP contribution in [0.25, 0.3) is 0 Å². The fourth-order valence-electron chi connectivity index (χ4n) is 2.73. The van der Waals surface area contributed by atoms with Crippen LogP contribution in [-0.2, 0) is 0 Å². The summed E-state index contributed by atoms with van der Waals surface area (Å²) in [6, 6.07) is 0.705. The third kappa shape index (κ3) is 2.15. The van der Waals surface area contributed by atoms with E-state index in [-0.39, 0.29) is 12.0 Å². The fraction of sp³-hybridized carbons (Fsp3) is 0.615. The van der Waals surface area contributed by atoms with Crippen LogP contribution in [0.15, 0.2) is 28.9 Å². The van der Waals surface area contributed by atoms with Gasteiger partial charge in [0.15, 0.2) is 0 Å². The summed E-state index contributed by atoms with van der Waals surface area (Å²) >= 11 is 0. The van der Waals surface area contributed by atoms with E-state index in [1.165, 1.54) is 5.57 Å². The Morgan fingerprint density at radius 3 is 3.12 bits per heavy atom. The van der Waals surface area contributed by atoms with Crippen molar-refractivity contribution < 1.29 is 0 Å². The Morgan fingerprint density at radius 2 is 2.47 bits per heavy atom. The van der Waals surface area contributed by atoms with E-state index in [0.717, 1.165) is 18.8 Å². The predicted molar refractivity (Wildman–Crippen MR) is 71.4 cm³/mol. The minimum absolute atomic E-state index is 0.279. The lowest BCUT2D eigenvalue weighted by Gasteiger charge is -2.23. The van der Waals surface area contributed by atoms with Crippen LogP contribution in [0.1, 0.15) is 27.2 Å². The van der Waals surface area contributed by atoms with Gasteiger partial charge in [-0.1, -0.05) is 24.6 Å². The number of hydrazine groups is 1. The van der Waals surface area contributed by atoms with Crippen molar-refractivity contribution in [2.24, 2.45) is 16.6 Å². The molecule has 0 bridgehead atoms. The van der Waals surface area contributed by atoms with E-state index in [4.69, 9.17) is 5.73 Å². The van der Waals surface area contributed by atoms with E-state index in [9.17, 15) is 0 Å². The van der Waals surface area contributed by atoms with Crippen LogP contribution >= 0.6 is 0 Å². The summed E-state index contributed by atoms with van der Waals surface area (Å²) in [6.45, 7) is 7.37. The van der Waals surface area contributed by atoms with E-state index >= 15 is 0 Å². The highest BCUT2D eigenvalue weighted by Gasteiger charge is 2.43. The van der Waals surface area contributed by atoms with Gasteiger partial charge in [0.1, 0.15) is 5.84 Å². The molecule has 2 rings (SSSR count). The highest BCUT2D eigenvalue weighted by molar-refractivity contribution is 5.86. The number of aliphatic imine (C=N–C) groups is 1. The number of amidine groups is 1. The summed E-state index contributed by atoms with van der Waals surface area (Å²) in [7, 11) is 0. The molecule has 0 spiro atoms. The maximum Gasteiger partial charge on any atom is 0.106 e. The number of allylic oxidation sites excluding steroid dienone is 1. The quantitative estimate of drug-likeness (QED) is 0.711. The van der Waals surface area contributed by atoms with E-state index in [1.54, 1.807) is 0 Å². The molecule has 0 saturated carbocycles. The van der Waals surface area contributed by atoms with Gasteiger partial charge in [0.2, 0.25) is 0 Å². The highest BCUT2D eigenvalue weighted by Crippen LogP contribution is 2.30. The molecule has 0 aliphatic carbocycles. The van der Waals surface area contributed by atoms with E-state index in [1.807, 2.05) is 6.20 Å². The number of hydrogen-bond donors (Lipinski definition) is 2. The molecule has 4 nitrogen and oxygen atoms in total. The molecule has 3 atom stereocenters. The Labute approximate surface area is 103 Å². The first-order valence-electron chi connectivity index (χ1n) is 6.32. The number of rotatable bonds is 2. The van der Waals surface area contributed by atoms with Crippen LogP contribution < -0.4 is 11.2 Å². The third-order valence-electron chi connectivity index (χ3n) is 3.81. The molecule has 2 aliphatic rings. The van der Waals surface area contributed by atoms with Crippen molar-refractivity contribution >= 4 is 5.84 Å². The maximum absolute atomic E-state index is 6.12. The molecule has 0 aromatic carbocycles. The van der Waals surface area contributed by atoms with Crippen molar-refractivity contribution in [2.45, 2.75) is 39.3 Å². The molecule has 17 heavy (non-hydrogen) atoms. The van der Waals surface area contributed by atoms with E-state index in [0.29, 0.717) is 6.04 Å². The minimum atomic E-state index is 0.279. The van der Waals surface area contributed by atoms with Gasteiger partial charge in [-0.15, -0.1) is 0 Å². The Balaban J connectivity index is 2.33. The first-order valence-corrected chi connectivity index (χ1v) is 6.32. The average Bonchev–Trinajstić information content (AvgIpc) is 2.61. The zero-order valence-electron chi connectivity index (χ0n) is 10.9. The van der Waals surface area contributed by atoms with Gasteiger partial charge < -0.3 is 5.73 Å². The SMILES string of the molecule is CC=C(C)C1NN(CC)C2CC=CN=C(N)C12. The summed E-state index contributed by atoms with van der Waals surface area (Å²) in [5.74, 6) is 1.03. The van der Waals surface area contributed by atoms with Crippen molar-refractivity contribution in [1.82, 2.24) is 10.4 Å². The second kappa shape index (κ2) is 5.02. The second-order valence-corrected chi connectivity index (χ2v) is 4.69. The normalized spacial score (nSPS) is 34.4. The highest BCUT2D eigenvalue weighted by atomic mass is 15.6. The van der Waals surface area contributed by atoms with Gasteiger partial charge in [-0.3, -0.25) is 0 Å². The van der Waals surface area contributed by atoms with Gasteiger partial charge in [0.25, 0.3) is 0 Å². The Morgan fingerprint density at radius 1 is 1.71 bits per heavy atom.